The van der Waals surface area contributed by atoms with Gasteiger partial charge in [-0.05, 0) is 64.3 Å². The largest absolute Gasteiger partial charge is 0.488 e. The number of amides is 4. The third kappa shape index (κ3) is 4.26. The van der Waals surface area contributed by atoms with Crippen molar-refractivity contribution < 1.29 is 19.1 Å². The van der Waals surface area contributed by atoms with Crippen LogP contribution in [0.1, 0.15) is 11.1 Å². The molecule has 1 aliphatic rings. The average molecular weight is 476 g/mol. The smallest absolute Gasteiger partial charge is 0.335 e. The van der Waals surface area contributed by atoms with Crippen LogP contribution in [0.3, 0.4) is 0 Å². The molecule has 0 aromatic heterocycles. The number of urea groups is 1. The summed E-state index contributed by atoms with van der Waals surface area (Å²) in [5.74, 6) is -0.899. The summed E-state index contributed by atoms with van der Waals surface area (Å²) >= 11 is 9.51. The van der Waals surface area contributed by atoms with Crippen molar-refractivity contribution in [1.82, 2.24) is 5.32 Å². The molecule has 2 aromatic rings. The lowest BCUT2D eigenvalue weighted by Crippen LogP contribution is -2.54. The Bertz CT molecular complexity index is 1060. The van der Waals surface area contributed by atoms with E-state index in [9.17, 15) is 14.4 Å². The first-order valence-electron chi connectivity index (χ1n) is 8.53. The highest BCUT2D eigenvalue weighted by atomic mass is 79.9. The summed E-state index contributed by atoms with van der Waals surface area (Å²) in [6.07, 6.45) is 3.04. The maximum atomic E-state index is 13.0. The molecule has 148 valence electrons. The highest BCUT2D eigenvalue weighted by molar-refractivity contribution is 9.10. The summed E-state index contributed by atoms with van der Waals surface area (Å²) in [7, 11) is 0. The van der Waals surface area contributed by atoms with Gasteiger partial charge in [-0.15, -0.1) is 0 Å². The fourth-order valence-electron chi connectivity index (χ4n) is 2.75. The SMILES string of the molecule is C=CCOc1ccc(/C=C2\C(=O)NC(=O)N(c3cccc(Cl)c3C)C2=O)cc1Br. The molecule has 0 spiro atoms. The number of imide groups is 2. The van der Waals surface area contributed by atoms with Crippen molar-refractivity contribution in [3.63, 3.8) is 0 Å². The molecule has 0 aliphatic carbocycles. The molecule has 3 rings (SSSR count). The Balaban J connectivity index is 1.98. The second-order valence-corrected chi connectivity index (χ2v) is 7.39. The monoisotopic (exact) mass is 474 g/mol. The molecular weight excluding hydrogens is 460 g/mol. The number of rotatable bonds is 5. The van der Waals surface area contributed by atoms with Crippen LogP contribution in [-0.4, -0.2) is 24.5 Å². The minimum Gasteiger partial charge on any atom is -0.488 e. The minimum atomic E-state index is -0.822. The number of ether oxygens (including phenoxy) is 1. The van der Waals surface area contributed by atoms with Crippen LogP contribution >= 0.6 is 27.5 Å². The lowest BCUT2D eigenvalue weighted by atomic mass is 10.1. The Morgan fingerprint density at radius 2 is 2.00 bits per heavy atom. The Morgan fingerprint density at radius 3 is 2.69 bits per heavy atom. The first kappa shape index (κ1) is 20.8. The number of hydrogen-bond acceptors (Lipinski definition) is 4. The predicted molar refractivity (Wildman–Crippen MR) is 115 cm³/mol. The topological polar surface area (TPSA) is 75.7 Å². The van der Waals surface area contributed by atoms with Crippen LogP contribution in [0.5, 0.6) is 5.75 Å². The predicted octanol–water partition coefficient (Wildman–Crippen LogP) is 4.64. The standard InChI is InChI=1S/C21H16BrClN2O4/c1-3-9-29-18-8-7-13(11-15(18)22)10-14-19(26)24-21(28)25(20(14)27)17-6-4-5-16(23)12(17)2/h3-8,10-11H,1,9H2,2H3,(H,24,26,28)/b14-10+. The fourth-order valence-corrected chi connectivity index (χ4v) is 3.43. The van der Waals surface area contributed by atoms with E-state index in [1.54, 1.807) is 49.4 Å². The van der Waals surface area contributed by atoms with Crippen LogP contribution in [0.4, 0.5) is 10.5 Å². The number of carbonyl (C=O) groups is 3. The summed E-state index contributed by atoms with van der Waals surface area (Å²) in [5.41, 5.74) is 1.28. The third-order valence-electron chi connectivity index (χ3n) is 4.21. The van der Waals surface area contributed by atoms with Crippen molar-refractivity contribution >= 4 is 57.1 Å². The normalized spacial score (nSPS) is 15.5. The summed E-state index contributed by atoms with van der Waals surface area (Å²) in [5, 5.41) is 2.60. The van der Waals surface area contributed by atoms with Crippen molar-refractivity contribution in [3.05, 3.63) is 75.2 Å². The zero-order chi connectivity index (χ0) is 21.1. The Labute approximate surface area is 180 Å². The molecule has 0 radical (unpaired) electrons. The van der Waals surface area contributed by atoms with E-state index < -0.39 is 17.8 Å². The number of carbonyl (C=O) groups excluding carboxylic acids is 3. The van der Waals surface area contributed by atoms with E-state index in [-0.39, 0.29) is 5.57 Å². The molecule has 1 N–H and O–H groups in total. The molecule has 0 saturated carbocycles. The molecule has 0 atom stereocenters. The number of nitrogens with one attached hydrogen (secondary N) is 1. The number of benzene rings is 2. The Hall–Kier alpha value is -2.90. The summed E-state index contributed by atoms with van der Waals surface area (Å²) in [6.45, 7) is 5.63. The van der Waals surface area contributed by atoms with Gasteiger partial charge in [-0.3, -0.25) is 14.9 Å². The molecule has 1 aliphatic heterocycles. The summed E-state index contributed by atoms with van der Waals surface area (Å²) in [4.78, 5) is 38.6. The van der Waals surface area contributed by atoms with Gasteiger partial charge in [0.25, 0.3) is 11.8 Å². The van der Waals surface area contributed by atoms with Crippen molar-refractivity contribution in [2.45, 2.75) is 6.92 Å². The van der Waals surface area contributed by atoms with Crippen LogP contribution < -0.4 is 15.0 Å². The molecule has 0 unspecified atom stereocenters. The van der Waals surface area contributed by atoms with E-state index in [4.69, 9.17) is 16.3 Å². The maximum Gasteiger partial charge on any atom is 0.335 e. The van der Waals surface area contributed by atoms with Gasteiger partial charge in [-0.1, -0.05) is 36.4 Å². The van der Waals surface area contributed by atoms with E-state index in [2.05, 4.69) is 27.8 Å². The molecule has 1 fully saturated rings. The zero-order valence-electron chi connectivity index (χ0n) is 15.4. The van der Waals surface area contributed by atoms with Crippen molar-refractivity contribution in [3.8, 4) is 5.75 Å². The van der Waals surface area contributed by atoms with Crippen LogP contribution in [-0.2, 0) is 9.59 Å². The highest BCUT2D eigenvalue weighted by Gasteiger charge is 2.37. The third-order valence-corrected chi connectivity index (χ3v) is 5.23. The molecule has 0 bridgehead atoms. The number of barbiturate groups is 1. The number of hydrogen-bond donors (Lipinski definition) is 1. The Morgan fingerprint density at radius 1 is 1.24 bits per heavy atom. The first-order chi connectivity index (χ1) is 13.8. The lowest BCUT2D eigenvalue weighted by Gasteiger charge is -2.27. The van der Waals surface area contributed by atoms with Crippen molar-refractivity contribution in [2.24, 2.45) is 0 Å². The van der Waals surface area contributed by atoms with Crippen molar-refractivity contribution in [1.29, 1.82) is 0 Å². The number of halogens is 2. The molecule has 1 saturated heterocycles. The molecular formula is C21H16BrClN2O4. The fraction of sp³-hybridized carbons (Fsp3) is 0.0952. The molecule has 2 aromatic carbocycles. The number of nitrogens with zero attached hydrogens (tertiary/aromatic N) is 1. The van der Waals surface area contributed by atoms with Crippen molar-refractivity contribution in [2.75, 3.05) is 11.5 Å². The van der Waals surface area contributed by atoms with Gasteiger partial charge >= 0.3 is 6.03 Å². The van der Waals surface area contributed by atoms with E-state index in [1.807, 2.05) is 0 Å². The zero-order valence-corrected chi connectivity index (χ0v) is 17.7. The van der Waals surface area contributed by atoms with Gasteiger partial charge in [0.1, 0.15) is 17.9 Å². The number of anilines is 1. The van der Waals surface area contributed by atoms with Gasteiger partial charge in [-0.2, -0.15) is 0 Å². The van der Waals surface area contributed by atoms with Crippen LogP contribution in [0, 0.1) is 6.92 Å². The van der Waals surface area contributed by atoms with Gasteiger partial charge in [0.15, 0.2) is 0 Å². The molecule has 4 amide bonds. The quantitative estimate of drug-likeness (QED) is 0.388. The van der Waals surface area contributed by atoms with E-state index >= 15 is 0 Å². The van der Waals surface area contributed by atoms with Gasteiger partial charge < -0.3 is 4.74 Å². The van der Waals surface area contributed by atoms with Gasteiger partial charge in [0.2, 0.25) is 0 Å². The van der Waals surface area contributed by atoms with Crippen LogP contribution in [0.25, 0.3) is 6.08 Å². The first-order valence-corrected chi connectivity index (χ1v) is 9.70. The molecule has 8 heteroatoms. The van der Waals surface area contributed by atoms with Gasteiger partial charge in [0, 0.05) is 5.02 Å². The van der Waals surface area contributed by atoms with Gasteiger partial charge in [0.05, 0.1) is 10.2 Å². The van der Waals surface area contributed by atoms with Gasteiger partial charge in [-0.25, -0.2) is 9.69 Å². The summed E-state index contributed by atoms with van der Waals surface area (Å²) < 4.78 is 6.14. The minimum absolute atomic E-state index is 0.171. The van der Waals surface area contributed by atoms with E-state index in [1.165, 1.54) is 6.08 Å². The Kier molecular flexibility index (Phi) is 6.20. The van der Waals surface area contributed by atoms with Crippen LogP contribution in [0.15, 0.2) is 59.1 Å². The van der Waals surface area contributed by atoms with E-state index in [0.29, 0.717) is 38.7 Å². The van der Waals surface area contributed by atoms with Crippen LogP contribution in [0.2, 0.25) is 5.02 Å². The van der Waals surface area contributed by atoms with E-state index in [0.717, 1.165) is 4.90 Å². The lowest BCUT2D eigenvalue weighted by molar-refractivity contribution is -0.122. The molecule has 29 heavy (non-hydrogen) atoms. The second-order valence-electron chi connectivity index (χ2n) is 6.13. The second kappa shape index (κ2) is 8.63. The molecule has 1 heterocycles. The maximum absolute atomic E-state index is 13.0. The summed E-state index contributed by atoms with van der Waals surface area (Å²) in [6, 6.07) is 9.16. The highest BCUT2D eigenvalue weighted by Crippen LogP contribution is 2.31. The average Bonchev–Trinajstić information content (AvgIpc) is 2.67. The molecule has 6 nitrogen and oxygen atoms in total.